The molecule has 2 aromatic carbocycles. The molecule has 1 saturated heterocycles. The molecule has 0 aliphatic carbocycles. The van der Waals surface area contributed by atoms with Crippen molar-refractivity contribution in [2.75, 3.05) is 26.2 Å². The third kappa shape index (κ3) is 4.14. The number of carbonyl (C=O) groups is 1. The van der Waals surface area contributed by atoms with Crippen LogP contribution < -0.4 is 0 Å². The summed E-state index contributed by atoms with van der Waals surface area (Å²) in [5, 5.41) is 12.2. The van der Waals surface area contributed by atoms with Gasteiger partial charge >= 0.3 is 0 Å². The van der Waals surface area contributed by atoms with E-state index in [4.69, 9.17) is 5.26 Å². The van der Waals surface area contributed by atoms with Gasteiger partial charge in [0.05, 0.1) is 11.6 Å². The van der Waals surface area contributed by atoms with Gasteiger partial charge in [-0.3, -0.25) is 9.69 Å². The third-order valence-corrected chi connectivity index (χ3v) is 6.07. The minimum absolute atomic E-state index is 0.0771. The monoisotopic (exact) mass is 387 g/mol. The molecule has 1 aromatic heterocycles. The molecule has 5 heteroatoms. The zero-order valence-corrected chi connectivity index (χ0v) is 16.4. The number of amides is 1. The Hall–Kier alpha value is -2.94. The van der Waals surface area contributed by atoms with Crippen LogP contribution in [0.15, 0.2) is 60.0 Å². The fourth-order valence-corrected chi connectivity index (χ4v) is 4.39. The Bertz CT molecular complexity index is 1040. The summed E-state index contributed by atoms with van der Waals surface area (Å²) in [6, 6.07) is 18.1. The number of hydrogen-bond donors (Lipinski definition) is 0. The average molecular weight is 388 g/mol. The summed E-state index contributed by atoms with van der Waals surface area (Å²) < 4.78 is 1.24. The molecule has 0 atom stereocenters. The highest BCUT2D eigenvalue weighted by molar-refractivity contribution is 7.17. The lowest BCUT2D eigenvalue weighted by Crippen LogP contribution is -2.47. The molecule has 28 heavy (non-hydrogen) atoms. The van der Waals surface area contributed by atoms with Crippen molar-refractivity contribution in [1.29, 1.82) is 5.26 Å². The van der Waals surface area contributed by atoms with Gasteiger partial charge in [0.25, 0.3) is 0 Å². The first-order chi connectivity index (χ1) is 13.7. The van der Waals surface area contributed by atoms with Crippen LogP contribution in [0, 0.1) is 11.3 Å². The average Bonchev–Trinajstić information content (AvgIpc) is 3.16. The van der Waals surface area contributed by atoms with E-state index in [0.717, 1.165) is 38.3 Å². The predicted molar refractivity (Wildman–Crippen MR) is 114 cm³/mol. The molecule has 1 fully saturated rings. The molecule has 1 aliphatic rings. The van der Waals surface area contributed by atoms with Gasteiger partial charge in [-0.15, -0.1) is 11.3 Å². The van der Waals surface area contributed by atoms with Gasteiger partial charge in [0, 0.05) is 43.5 Å². The van der Waals surface area contributed by atoms with Gasteiger partial charge in [0.2, 0.25) is 5.91 Å². The molecule has 0 radical (unpaired) electrons. The lowest BCUT2D eigenvalue weighted by Gasteiger charge is -2.34. The van der Waals surface area contributed by atoms with E-state index >= 15 is 0 Å². The van der Waals surface area contributed by atoms with Crippen LogP contribution in [0.5, 0.6) is 0 Å². The highest BCUT2D eigenvalue weighted by atomic mass is 32.1. The number of nitrogens with zero attached hydrogens (tertiary/aromatic N) is 3. The minimum Gasteiger partial charge on any atom is -0.337 e. The lowest BCUT2D eigenvalue weighted by atomic mass is 10.1. The Kier molecular flexibility index (Phi) is 5.52. The first-order valence-corrected chi connectivity index (χ1v) is 10.3. The van der Waals surface area contributed by atoms with Gasteiger partial charge in [0.15, 0.2) is 0 Å². The van der Waals surface area contributed by atoms with Crippen LogP contribution >= 0.6 is 11.3 Å². The predicted octanol–water partition coefficient (Wildman–Crippen LogP) is 4.13. The highest BCUT2D eigenvalue weighted by Gasteiger charge is 2.19. The van der Waals surface area contributed by atoms with E-state index < -0.39 is 0 Å². The smallest absolute Gasteiger partial charge is 0.246 e. The van der Waals surface area contributed by atoms with Crippen LogP contribution in [0.4, 0.5) is 0 Å². The summed E-state index contributed by atoms with van der Waals surface area (Å²) in [6.45, 7) is 4.06. The molecule has 0 unspecified atom stereocenters. The summed E-state index contributed by atoms with van der Waals surface area (Å²) in [6.07, 6.45) is 3.63. The van der Waals surface area contributed by atoms with E-state index in [1.807, 2.05) is 47.4 Å². The number of carbonyl (C=O) groups excluding carboxylic acids is 1. The number of thiophene rings is 1. The van der Waals surface area contributed by atoms with Crippen molar-refractivity contribution in [2.45, 2.75) is 6.54 Å². The summed E-state index contributed by atoms with van der Waals surface area (Å²) in [5.41, 5.74) is 2.99. The van der Waals surface area contributed by atoms with Crippen molar-refractivity contribution >= 4 is 33.4 Å². The van der Waals surface area contributed by atoms with Crippen molar-refractivity contribution in [2.24, 2.45) is 0 Å². The second-order valence-corrected chi connectivity index (χ2v) is 7.84. The van der Waals surface area contributed by atoms with E-state index in [1.165, 1.54) is 15.6 Å². The number of nitriles is 1. The molecule has 4 rings (SSSR count). The normalized spacial score (nSPS) is 15.2. The van der Waals surface area contributed by atoms with E-state index in [1.54, 1.807) is 17.4 Å². The van der Waals surface area contributed by atoms with Gasteiger partial charge < -0.3 is 4.90 Å². The zero-order chi connectivity index (χ0) is 19.3. The van der Waals surface area contributed by atoms with Gasteiger partial charge in [0.1, 0.15) is 0 Å². The molecule has 4 nitrogen and oxygen atoms in total. The molecule has 0 spiro atoms. The van der Waals surface area contributed by atoms with E-state index in [2.05, 4.69) is 28.5 Å². The molecule has 140 valence electrons. The first-order valence-electron chi connectivity index (χ1n) is 9.37. The van der Waals surface area contributed by atoms with E-state index in [9.17, 15) is 4.79 Å². The van der Waals surface area contributed by atoms with Crippen molar-refractivity contribution in [3.63, 3.8) is 0 Å². The topological polar surface area (TPSA) is 47.3 Å². The molecular weight excluding hydrogens is 366 g/mol. The van der Waals surface area contributed by atoms with Crippen LogP contribution in [0.25, 0.3) is 16.2 Å². The van der Waals surface area contributed by atoms with Crippen LogP contribution in [0.3, 0.4) is 0 Å². The quantitative estimate of drug-likeness (QED) is 0.633. The van der Waals surface area contributed by atoms with Crippen LogP contribution in [0.1, 0.15) is 16.7 Å². The number of fused-ring (bicyclic) bond motifs is 1. The van der Waals surface area contributed by atoms with Crippen molar-refractivity contribution in [3.8, 4) is 6.07 Å². The molecule has 0 bridgehead atoms. The highest BCUT2D eigenvalue weighted by Crippen LogP contribution is 2.26. The fourth-order valence-electron chi connectivity index (χ4n) is 3.46. The van der Waals surface area contributed by atoms with Gasteiger partial charge in [-0.05, 0) is 46.2 Å². The van der Waals surface area contributed by atoms with Crippen molar-refractivity contribution < 1.29 is 4.79 Å². The molecule has 2 heterocycles. The van der Waals surface area contributed by atoms with Crippen molar-refractivity contribution in [1.82, 2.24) is 9.80 Å². The Labute approximate surface area is 168 Å². The second kappa shape index (κ2) is 8.39. The Morgan fingerprint density at radius 2 is 1.82 bits per heavy atom. The van der Waals surface area contributed by atoms with Crippen LogP contribution in [0.2, 0.25) is 0 Å². The maximum absolute atomic E-state index is 12.6. The van der Waals surface area contributed by atoms with Crippen LogP contribution in [-0.2, 0) is 11.3 Å². The first kappa shape index (κ1) is 18.4. The molecular formula is C23H21N3OS. The Balaban J connectivity index is 1.31. The summed E-state index contributed by atoms with van der Waals surface area (Å²) in [7, 11) is 0. The lowest BCUT2D eigenvalue weighted by molar-refractivity contribution is -0.127. The number of benzene rings is 2. The summed E-state index contributed by atoms with van der Waals surface area (Å²) in [5.74, 6) is 0.0771. The molecule has 3 aromatic rings. The van der Waals surface area contributed by atoms with Gasteiger partial charge in [-0.1, -0.05) is 30.3 Å². The second-order valence-electron chi connectivity index (χ2n) is 6.93. The zero-order valence-electron chi connectivity index (χ0n) is 15.5. The Morgan fingerprint density at radius 1 is 1.07 bits per heavy atom. The molecule has 0 N–H and O–H groups in total. The van der Waals surface area contributed by atoms with E-state index in [-0.39, 0.29) is 5.91 Å². The number of hydrogen-bond acceptors (Lipinski definition) is 4. The van der Waals surface area contributed by atoms with Crippen LogP contribution in [-0.4, -0.2) is 41.9 Å². The molecule has 0 saturated carbocycles. The molecule has 1 aliphatic heterocycles. The van der Waals surface area contributed by atoms with E-state index in [0.29, 0.717) is 5.56 Å². The number of piperazine rings is 1. The standard InChI is InChI=1S/C23H21N3OS/c24-15-18-5-7-19(8-6-18)16-25-11-13-26(14-12-25)23(27)10-9-20-17-28-22-4-2-1-3-21(20)22/h1-10,17H,11-14,16H2. The third-order valence-electron chi connectivity index (χ3n) is 5.09. The minimum atomic E-state index is 0.0771. The fraction of sp³-hybridized carbons (Fsp3) is 0.217. The maximum Gasteiger partial charge on any atom is 0.246 e. The summed E-state index contributed by atoms with van der Waals surface area (Å²) >= 11 is 1.70. The summed E-state index contributed by atoms with van der Waals surface area (Å²) in [4.78, 5) is 16.8. The molecule has 1 amide bonds. The van der Waals surface area contributed by atoms with Gasteiger partial charge in [-0.2, -0.15) is 5.26 Å². The SMILES string of the molecule is N#Cc1ccc(CN2CCN(C(=O)C=Cc3csc4ccccc34)CC2)cc1. The number of rotatable bonds is 4. The van der Waals surface area contributed by atoms with Crippen molar-refractivity contribution in [3.05, 3.63) is 76.7 Å². The largest absolute Gasteiger partial charge is 0.337 e. The Morgan fingerprint density at radius 3 is 2.57 bits per heavy atom. The van der Waals surface area contributed by atoms with Gasteiger partial charge in [-0.25, -0.2) is 0 Å². The maximum atomic E-state index is 12.6.